The lowest BCUT2D eigenvalue weighted by Crippen LogP contribution is -2.46. The van der Waals surface area contributed by atoms with Gasteiger partial charge in [0.25, 0.3) is 0 Å². The van der Waals surface area contributed by atoms with Crippen LogP contribution in [0, 0.1) is 0 Å². The van der Waals surface area contributed by atoms with Crippen molar-refractivity contribution in [2.45, 2.75) is 67.8 Å². The van der Waals surface area contributed by atoms with E-state index in [0.717, 1.165) is 23.1 Å². The van der Waals surface area contributed by atoms with Crippen LogP contribution >= 0.6 is 11.8 Å². The van der Waals surface area contributed by atoms with Gasteiger partial charge in [0.1, 0.15) is 5.60 Å². The smallest absolute Gasteiger partial charge is 0.407 e. The van der Waals surface area contributed by atoms with Gasteiger partial charge >= 0.3 is 6.09 Å². The van der Waals surface area contributed by atoms with Crippen LogP contribution in [-0.4, -0.2) is 34.2 Å². The fourth-order valence-corrected chi connectivity index (χ4v) is 6.69. The summed E-state index contributed by atoms with van der Waals surface area (Å²) in [7, 11) is 0. The summed E-state index contributed by atoms with van der Waals surface area (Å²) in [5.41, 5.74) is 2.95. The maximum Gasteiger partial charge on any atom is 0.407 e. The fourth-order valence-electron chi connectivity index (χ4n) is 4.79. The predicted octanol–water partition coefficient (Wildman–Crippen LogP) is 6.52. The number of aliphatic hydroxyl groups is 1. The minimum atomic E-state index is -0.546. The molecule has 0 saturated heterocycles. The van der Waals surface area contributed by atoms with Gasteiger partial charge in [-0.2, -0.15) is 0 Å². The average Bonchev–Trinajstić information content (AvgIpc) is 2.85. The highest BCUT2D eigenvalue weighted by Gasteiger charge is 2.43. The van der Waals surface area contributed by atoms with E-state index in [2.05, 4.69) is 78.1 Å². The van der Waals surface area contributed by atoms with Crippen LogP contribution in [-0.2, 0) is 9.48 Å². The Kier molecular flexibility index (Phi) is 7.88. The lowest BCUT2D eigenvalue weighted by molar-refractivity contribution is 0.0465. The minimum Gasteiger partial charge on any atom is -0.444 e. The van der Waals surface area contributed by atoms with Crippen LogP contribution in [0.2, 0.25) is 0 Å². The zero-order chi connectivity index (χ0) is 24.9. The lowest BCUT2D eigenvalue weighted by Gasteiger charge is -2.42. The second-order valence-corrected chi connectivity index (χ2v) is 11.6. The van der Waals surface area contributed by atoms with Gasteiger partial charge in [0.15, 0.2) is 0 Å². The van der Waals surface area contributed by atoms with Gasteiger partial charge in [-0.15, -0.1) is 11.8 Å². The number of nitrogens with one attached hydrogen (secondary N) is 1. The van der Waals surface area contributed by atoms with Gasteiger partial charge in [0.05, 0.1) is 10.9 Å². The summed E-state index contributed by atoms with van der Waals surface area (Å²) in [4.78, 5) is 12.5. The molecule has 4 rings (SSSR count). The van der Waals surface area contributed by atoms with E-state index < -0.39 is 22.5 Å². The number of aliphatic hydroxyl groups excluding tert-OH is 1. The zero-order valence-electron chi connectivity index (χ0n) is 20.7. The Morgan fingerprint density at radius 2 is 1.29 bits per heavy atom. The standard InChI is InChI=1S/C30H35NO3S/c1-29(2,3)34-28(33)31-25-19-20-26(32)27(21-25)35-30(22-13-7-4-8-14-22,23-15-9-5-10-16-23)24-17-11-6-12-18-24/h4-18,25-27,32H,19-21H2,1-3H3,(H,31,33). The van der Waals surface area contributed by atoms with Gasteiger partial charge < -0.3 is 15.2 Å². The number of alkyl carbamates (subject to hydrolysis) is 1. The average molecular weight is 490 g/mol. The number of thioether (sulfide) groups is 1. The van der Waals surface area contributed by atoms with E-state index in [0.29, 0.717) is 12.8 Å². The summed E-state index contributed by atoms with van der Waals surface area (Å²) in [6.45, 7) is 5.59. The first kappa shape index (κ1) is 25.3. The molecule has 1 fully saturated rings. The molecule has 0 aliphatic heterocycles. The molecule has 1 amide bonds. The Morgan fingerprint density at radius 3 is 1.71 bits per heavy atom. The lowest BCUT2D eigenvalue weighted by atomic mass is 9.84. The third kappa shape index (κ3) is 6.09. The molecule has 0 bridgehead atoms. The summed E-state index contributed by atoms with van der Waals surface area (Å²) in [6.07, 6.45) is 1.16. The Morgan fingerprint density at radius 1 is 0.829 bits per heavy atom. The van der Waals surface area contributed by atoms with Gasteiger partial charge in [0.2, 0.25) is 0 Å². The Bertz CT molecular complexity index is 986. The molecular formula is C30H35NO3S. The van der Waals surface area contributed by atoms with E-state index in [-0.39, 0.29) is 11.3 Å². The summed E-state index contributed by atoms with van der Waals surface area (Å²) in [5, 5.41) is 14.1. The van der Waals surface area contributed by atoms with Crippen molar-refractivity contribution in [1.82, 2.24) is 5.32 Å². The molecule has 3 aromatic rings. The Balaban J connectivity index is 1.71. The monoisotopic (exact) mass is 489 g/mol. The van der Waals surface area contributed by atoms with E-state index in [4.69, 9.17) is 4.74 Å². The van der Waals surface area contributed by atoms with Crippen LogP contribution in [0.5, 0.6) is 0 Å². The molecule has 3 unspecified atom stereocenters. The van der Waals surface area contributed by atoms with E-state index in [9.17, 15) is 9.90 Å². The molecular weight excluding hydrogens is 454 g/mol. The number of hydrogen-bond acceptors (Lipinski definition) is 4. The first-order chi connectivity index (χ1) is 16.8. The first-order valence-corrected chi connectivity index (χ1v) is 13.2. The first-order valence-electron chi connectivity index (χ1n) is 12.3. The van der Waals surface area contributed by atoms with E-state index in [1.54, 1.807) is 11.8 Å². The molecule has 3 aromatic carbocycles. The van der Waals surface area contributed by atoms with Crippen molar-refractivity contribution >= 4 is 17.9 Å². The second kappa shape index (κ2) is 10.9. The van der Waals surface area contributed by atoms with Crippen molar-refractivity contribution in [1.29, 1.82) is 0 Å². The number of ether oxygens (including phenoxy) is 1. The van der Waals surface area contributed by atoms with Gasteiger partial charge in [-0.1, -0.05) is 91.0 Å². The normalized spacial score (nSPS) is 20.7. The third-order valence-electron chi connectivity index (χ3n) is 6.35. The second-order valence-electron chi connectivity index (χ2n) is 10.2. The highest BCUT2D eigenvalue weighted by atomic mass is 32.2. The highest BCUT2D eigenvalue weighted by molar-refractivity contribution is 8.01. The van der Waals surface area contributed by atoms with Crippen molar-refractivity contribution in [3.63, 3.8) is 0 Å². The molecule has 0 spiro atoms. The SMILES string of the molecule is CC(C)(C)OC(=O)NC1CCC(O)C(SC(c2ccccc2)(c2ccccc2)c2ccccc2)C1. The fraction of sp³-hybridized carbons (Fsp3) is 0.367. The van der Waals surface area contributed by atoms with Crippen molar-refractivity contribution in [2.24, 2.45) is 0 Å². The molecule has 3 atom stereocenters. The maximum atomic E-state index is 12.5. The molecule has 2 N–H and O–H groups in total. The molecule has 1 aliphatic rings. The molecule has 0 heterocycles. The van der Waals surface area contributed by atoms with E-state index in [1.807, 2.05) is 39.0 Å². The van der Waals surface area contributed by atoms with Gasteiger partial charge in [0, 0.05) is 11.3 Å². The van der Waals surface area contributed by atoms with E-state index in [1.165, 1.54) is 0 Å². The highest BCUT2D eigenvalue weighted by Crippen LogP contribution is 2.52. The van der Waals surface area contributed by atoms with Crippen LogP contribution in [0.3, 0.4) is 0 Å². The number of rotatable bonds is 6. The van der Waals surface area contributed by atoms with Crippen LogP contribution in [0.4, 0.5) is 4.79 Å². The summed E-state index contributed by atoms with van der Waals surface area (Å²) < 4.78 is 4.98. The van der Waals surface area contributed by atoms with Gasteiger partial charge in [-0.25, -0.2) is 4.79 Å². The number of hydrogen-bond donors (Lipinski definition) is 2. The van der Waals surface area contributed by atoms with E-state index >= 15 is 0 Å². The number of carbonyl (C=O) groups is 1. The molecule has 0 radical (unpaired) electrons. The van der Waals surface area contributed by atoms with Crippen molar-refractivity contribution in [2.75, 3.05) is 0 Å². The Labute approximate surface area is 213 Å². The number of amides is 1. The van der Waals surface area contributed by atoms with Crippen molar-refractivity contribution in [3.05, 3.63) is 108 Å². The third-order valence-corrected chi connectivity index (χ3v) is 8.22. The van der Waals surface area contributed by atoms with Crippen LogP contribution < -0.4 is 5.32 Å². The molecule has 1 saturated carbocycles. The quantitative estimate of drug-likeness (QED) is 0.387. The molecule has 5 heteroatoms. The molecule has 4 nitrogen and oxygen atoms in total. The number of carbonyl (C=O) groups excluding carboxylic acids is 1. The minimum absolute atomic E-state index is 0.0502. The molecule has 35 heavy (non-hydrogen) atoms. The topological polar surface area (TPSA) is 58.6 Å². The van der Waals surface area contributed by atoms with Crippen LogP contribution in [0.25, 0.3) is 0 Å². The van der Waals surface area contributed by atoms with Crippen molar-refractivity contribution < 1.29 is 14.6 Å². The zero-order valence-corrected chi connectivity index (χ0v) is 21.5. The van der Waals surface area contributed by atoms with Gasteiger partial charge in [-0.3, -0.25) is 0 Å². The summed E-state index contributed by atoms with van der Waals surface area (Å²) in [5.74, 6) is 0. The number of benzene rings is 3. The van der Waals surface area contributed by atoms with Crippen molar-refractivity contribution in [3.8, 4) is 0 Å². The largest absolute Gasteiger partial charge is 0.444 e. The van der Waals surface area contributed by atoms with Crippen LogP contribution in [0.1, 0.15) is 56.7 Å². The predicted molar refractivity (Wildman–Crippen MR) is 144 cm³/mol. The summed E-state index contributed by atoms with van der Waals surface area (Å²) >= 11 is 1.78. The maximum absolute atomic E-state index is 12.5. The van der Waals surface area contributed by atoms with Gasteiger partial charge in [-0.05, 0) is 56.7 Å². The molecule has 1 aliphatic carbocycles. The molecule has 184 valence electrons. The molecule has 0 aromatic heterocycles. The Hall–Kier alpha value is -2.76. The summed E-state index contributed by atoms with van der Waals surface area (Å²) in [6, 6.07) is 31.5. The van der Waals surface area contributed by atoms with Crippen LogP contribution in [0.15, 0.2) is 91.0 Å².